The van der Waals surface area contributed by atoms with Crippen molar-refractivity contribution in [2.75, 3.05) is 5.88 Å². The Balaban J connectivity index is 2.35. The number of hydrogen-bond donors (Lipinski definition) is 0. The molecule has 0 bridgehead atoms. The molecule has 108 valence electrons. The van der Waals surface area contributed by atoms with Crippen LogP contribution in [-0.4, -0.2) is 15.4 Å². The number of hydrogen-bond acceptors (Lipinski definition) is 1. The van der Waals surface area contributed by atoms with Crippen molar-refractivity contribution in [3.8, 4) is 5.69 Å². The van der Waals surface area contributed by atoms with Crippen LogP contribution in [0.15, 0.2) is 40.9 Å². The summed E-state index contributed by atoms with van der Waals surface area (Å²) in [6, 6.07) is 11.3. The van der Waals surface area contributed by atoms with Gasteiger partial charge in [0, 0.05) is 21.8 Å². The van der Waals surface area contributed by atoms with Crippen LogP contribution in [0, 0.1) is 0 Å². The summed E-state index contributed by atoms with van der Waals surface area (Å²) in [4.78, 5) is 4.64. The van der Waals surface area contributed by atoms with E-state index < -0.39 is 0 Å². The average molecular weight is 405 g/mol. The van der Waals surface area contributed by atoms with E-state index in [-0.39, 0.29) is 0 Å². The van der Waals surface area contributed by atoms with Crippen molar-refractivity contribution in [3.05, 3.63) is 56.7 Å². The van der Waals surface area contributed by atoms with Gasteiger partial charge in [-0.25, -0.2) is 4.98 Å². The van der Waals surface area contributed by atoms with Crippen LogP contribution < -0.4 is 0 Å². The highest BCUT2D eigenvalue weighted by molar-refractivity contribution is 9.10. The zero-order chi connectivity index (χ0) is 15.0. The molecule has 0 amide bonds. The highest BCUT2D eigenvalue weighted by atomic mass is 79.9. The number of aromatic nitrogens is 2. The Kier molecular flexibility index (Phi) is 4.46. The Morgan fingerprint density at radius 2 is 1.90 bits per heavy atom. The number of alkyl halides is 1. The summed E-state index contributed by atoms with van der Waals surface area (Å²) < 4.78 is 2.96. The number of nitrogens with zero attached hydrogens (tertiary/aromatic N) is 2. The lowest BCUT2D eigenvalue weighted by atomic mass is 10.2. The van der Waals surface area contributed by atoms with Gasteiger partial charge in [0.15, 0.2) is 0 Å². The average Bonchev–Trinajstić information content (AvgIpc) is 2.79. The van der Waals surface area contributed by atoms with Gasteiger partial charge >= 0.3 is 0 Å². The first kappa shape index (κ1) is 15.2. The van der Waals surface area contributed by atoms with Crippen LogP contribution in [0.25, 0.3) is 16.7 Å². The van der Waals surface area contributed by atoms with Crippen molar-refractivity contribution < 1.29 is 0 Å². The molecule has 0 fully saturated rings. The maximum Gasteiger partial charge on any atom is 0.115 e. The van der Waals surface area contributed by atoms with Crippen LogP contribution >= 0.6 is 50.7 Å². The van der Waals surface area contributed by atoms with Crippen molar-refractivity contribution in [1.29, 1.82) is 0 Å². The van der Waals surface area contributed by atoms with E-state index in [1.165, 1.54) is 0 Å². The summed E-state index contributed by atoms with van der Waals surface area (Å²) in [5.41, 5.74) is 2.65. The summed E-state index contributed by atoms with van der Waals surface area (Å²) in [7, 11) is 0. The first-order chi connectivity index (χ1) is 10.1. The molecule has 21 heavy (non-hydrogen) atoms. The van der Waals surface area contributed by atoms with E-state index in [9.17, 15) is 0 Å². The fourth-order valence-electron chi connectivity index (χ4n) is 2.28. The second-order valence-electron chi connectivity index (χ2n) is 4.53. The zero-order valence-corrected chi connectivity index (χ0v) is 14.6. The lowest BCUT2D eigenvalue weighted by Crippen LogP contribution is -2.03. The van der Waals surface area contributed by atoms with Crippen LogP contribution in [0.3, 0.4) is 0 Å². The lowest BCUT2D eigenvalue weighted by Gasteiger charge is -2.11. The van der Waals surface area contributed by atoms with E-state index in [4.69, 9.17) is 34.8 Å². The van der Waals surface area contributed by atoms with Crippen molar-refractivity contribution >= 4 is 61.8 Å². The maximum atomic E-state index is 6.36. The Hall–Kier alpha value is -0.740. The molecule has 0 saturated heterocycles. The topological polar surface area (TPSA) is 17.8 Å². The molecule has 0 aliphatic rings. The smallest absolute Gasteiger partial charge is 0.115 e. The van der Waals surface area contributed by atoms with Crippen LogP contribution in [0.2, 0.25) is 10.0 Å². The van der Waals surface area contributed by atoms with Gasteiger partial charge in [-0.3, -0.25) is 4.57 Å². The van der Waals surface area contributed by atoms with Gasteiger partial charge in [0.2, 0.25) is 0 Å². The summed E-state index contributed by atoms with van der Waals surface area (Å²) in [5, 5.41) is 1.31. The van der Waals surface area contributed by atoms with Crippen molar-refractivity contribution in [3.63, 3.8) is 0 Å². The number of halogens is 4. The van der Waals surface area contributed by atoms with Gasteiger partial charge in [-0.05, 0) is 36.4 Å². The Bertz CT molecular complexity index is 814. The minimum atomic E-state index is 0.489. The number of rotatable bonds is 3. The van der Waals surface area contributed by atoms with Gasteiger partial charge < -0.3 is 0 Å². The van der Waals surface area contributed by atoms with E-state index in [2.05, 4.69) is 20.9 Å². The molecular formula is C15H10BrCl3N2. The fraction of sp³-hybridized carbons (Fsp3) is 0.133. The summed E-state index contributed by atoms with van der Waals surface area (Å²) >= 11 is 21.9. The summed E-state index contributed by atoms with van der Waals surface area (Å²) in [6.45, 7) is 0. The molecule has 0 N–H and O–H groups in total. The van der Waals surface area contributed by atoms with E-state index >= 15 is 0 Å². The third kappa shape index (κ3) is 2.93. The van der Waals surface area contributed by atoms with Gasteiger partial charge in [0.05, 0.1) is 21.7 Å². The normalized spacial score (nSPS) is 11.2. The van der Waals surface area contributed by atoms with E-state index in [0.717, 1.165) is 27.0 Å². The van der Waals surface area contributed by atoms with Gasteiger partial charge in [0.1, 0.15) is 5.82 Å². The zero-order valence-electron chi connectivity index (χ0n) is 10.8. The summed E-state index contributed by atoms with van der Waals surface area (Å²) in [6.07, 6.45) is 0.650. The molecule has 0 aliphatic heterocycles. The van der Waals surface area contributed by atoms with Gasteiger partial charge in [0.25, 0.3) is 0 Å². The van der Waals surface area contributed by atoms with Crippen LogP contribution in [0.4, 0.5) is 0 Å². The molecule has 0 saturated carbocycles. The molecule has 3 rings (SSSR count). The van der Waals surface area contributed by atoms with Gasteiger partial charge in [-0.2, -0.15) is 0 Å². The van der Waals surface area contributed by atoms with E-state index in [1.54, 1.807) is 0 Å². The molecule has 0 atom stereocenters. The largest absolute Gasteiger partial charge is 0.295 e. The second-order valence-corrected chi connectivity index (χ2v) is 6.67. The standard InChI is InChI=1S/C15H10BrCl3N2/c16-9-1-3-11(19)13(7-9)21-14-8-10(18)2-4-12(14)20-15(21)5-6-17/h1-4,7-8H,5-6H2. The maximum absolute atomic E-state index is 6.36. The Morgan fingerprint density at radius 1 is 1.10 bits per heavy atom. The third-order valence-corrected chi connectivity index (χ3v) is 4.39. The first-order valence-corrected chi connectivity index (χ1v) is 8.37. The monoisotopic (exact) mass is 402 g/mol. The fourth-order valence-corrected chi connectivity index (χ4v) is 3.16. The molecule has 1 aromatic heterocycles. The second kappa shape index (κ2) is 6.17. The van der Waals surface area contributed by atoms with Crippen LogP contribution in [0.5, 0.6) is 0 Å². The molecule has 0 unspecified atom stereocenters. The molecule has 2 nitrogen and oxygen atoms in total. The number of benzene rings is 2. The molecule has 0 aliphatic carbocycles. The lowest BCUT2D eigenvalue weighted by molar-refractivity contribution is 0.912. The van der Waals surface area contributed by atoms with Crippen molar-refractivity contribution in [2.45, 2.75) is 6.42 Å². The van der Waals surface area contributed by atoms with Crippen LogP contribution in [0.1, 0.15) is 5.82 Å². The molecule has 0 spiro atoms. The van der Waals surface area contributed by atoms with E-state index in [1.807, 2.05) is 41.0 Å². The van der Waals surface area contributed by atoms with Crippen molar-refractivity contribution in [1.82, 2.24) is 9.55 Å². The molecule has 2 aromatic carbocycles. The summed E-state index contributed by atoms with van der Waals surface area (Å²) in [5.74, 6) is 1.35. The predicted octanol–water partition coefficient (Wildman–Crippen LogP) is 5.88. The highest BCUT2D eigenvalue weighted by Gasteiger charge is 2.15. The number of fused-ring (bicyclic) bond motifs is 1. The molecule has 0 radical (unpaired) electrons. The molecular weight excluding hydrogens is 394 g/mol. The first-order valence-electron chi connectivity index (χ1n) is 6.28. The predicted molar refractivity (Wildman–Crippen MR) is 93.2 cm³/mol. The third-order valence-electron chi connectivity index (χ3n) is 3.15. The molecule has 1 heterocycles. The van der Waals surface area contributed by atoms with Gasteiger partial charge in [-0.15, -0.1) is 11.6 Å². The quantitative estimate of drug-likeness (QED) is 0.499. The highest BCUT2D eigenvalue weighted by Crippen LogP contribution is 2.30. The number of imidazole rings is 1. The van der Waals surface area contributed by atoms with E-state index in [0.29, 0.717) is 22.3 Å². The Morgan fingerprint density at radius 3 is 2.67 bits per heavy atom. The minimum Gasteiger partial charge on any atom is -0.295 e. The SMILES string of the molecule is ClCCc1nc2ccc(Cl)cc2n1-c1cc(Br)ccc1Cl. The molecule has 3 aromatic rings. The van der Waals surface area contributed by atoms with Crippen molar-refractivity contribution in [2.24, 2.45) is 0 Å². The van der Waals surface area contributed by atoms with Crippen LogP contribution in [-0.2, 0) is 6.42 Å². The number of aryl methyl sites for hydroxylation is 1. The minimum absolute atomic E-state index is 0.489. The van der Waals surface area contributed by atoms with Gasteiger partial charge in [-0.1, -0.05) is 39.1 Å². The Labute approximate surface area is 145 Å². The molecule has 6 heteroatoms.